The van der Waals surface area contributed by atoms with Crippen molar-refractivity contribution in [1.82, 2.24) is 9.55 Å². The molecular formula is C16H18ClFN2O. The first kappa shape index (κ1) is 14.5. The van der Waals surface area contributed by atoms with Crippen molar-refractivity contribution >= 4 is 11.6 Å². The fraction of sp³-hybridized carbons (Fsp3) is 0.438. The average Bonchev–Trinajstić information content (AvgIpc) is 2.96. The summed E-state index contributed by atoms with van der Waals surface area (Å²) >= 11 is 6.15. The van der Waals surface area contributed by atoms with E-state index in [0.717, 1.165) is 37.1 Å². The Hall–Kier alpha value is -1.39. The van der Waals surface area contributed by atoms with Gasteiger partial charge in [-0.3, -0.25) is 0 Å². The lowest BCUT2D eigenvalue weighted by Crippen LogP contribution is -2.21. The lowest BCUT2D eigenvalue weighted by Gasteiger charge is -2.30. The second kappa shape index (κ2) is 6.16. The fourth-order valence-corrected chi connectivity index (χ4v) is 3.42. The molecule has 0 saturated heterocycles. The highest BCUT2D eigenvalue weighted by atomic mass is 35.5. The highest BCUT2D eigenvalue weighted by molar-refractivity contribution is 6.33. The third-order valence-electron chi connectivity index (χ3n) is 4.25. The van der Waals surface area contributed by atoms with Crippen LogP contribution in [0.25, 0.3) is 11.4 Å². The summed E-state index contributed by atoms with van der Waals surface area (Å²) < 4.78 is 15.3. The predicted molar refractivity (Wildman–Crippen MR) is 80.7 cm³/mol. The van der Waals surface area contributed by atoms with Crippen LogP contribution in [0.2, 0.25) is 5.02 Å². The van der Waals surface area contributed by atoms with E-state index in [9.17, 15) is 9.50 Å². The van der Waals surface area contributed by atoms with Gasteiger partial charge in [0.05, 0.1) is 5.02 Å². The van der Waals surface area contributed by atoms with Crippen LogP contribution in [0.15, 0.2) is 30.6 Å². The molecule has 0 unspecified atom stereocenters. The second-order valence-electron chi connectivity index (χ2n) is 5.65. The molecule has 1 saturated carbocycles. The largest absolute Gasteiger partial charge is 0.396 e. The van der Waals surface area contributed by atoms with Gasteiger partial charge in [0.15, 0.2) is 0 Å². The number of aliphatic hydroxyl groups is 1. The molecule has 1 aromatic carbocycles. The van der Waals surface area contributed by atoms with Crippen LogP contribution in [-0.2, 0) is 0 Å². The van der Waals surface area contributed by atoms with Crippen molar-refractivity contribution < 1.29 is 9.50 Å². The van der Waals surface area contributed by atoms with E-state index in [1.54, 1.807) is 12.3 Å². The number of rotatable bonds is 3. The Morgan fingerprint density at radius 3 is 3.00 bits per heavy atom. The van der Waals surface area contributed by atoms with Gasteiger partial charge in [0.25, 0.3) is 0 Å². The first-order chi connectivity index (χ1) is 10.2. The molecule has 0 radical (unpaired) electrons. The van der Waals surface area contributed by atoms with Gasteiger partial charge in [-0.25, -0.2) is 9.37 Å². The highest BCUT2D eigenvalue weighted by Gasteiger charge is 2.25. The Kier molecular flexibility index (Phi) is 4.27. The van der Waals surface area contributed by atoms with Crippen molar-refractivity contribution in [3.05, 3.63) is 41.4 Å². The molecule has 0 spiro atoms. The Bertz CT molecular complexity index is 628. The van der Waals surface area contributed by atoms with Gasteiger partial charge >= 0.3 is 0 Å². The lowest BCUT2D eigenvalue weighted by atomic mass is 9.86. The van der Waals surface area contributed by atoms with Crippen LogP contribution in [0.5, 0.6) is 0 Å². The predicted octanol–water partition coefficient (Wildman–Crippen LogP) is 4.07. The first-order valence-corrected chi connectivity index (χ1v) is 7.66. The summed E-state index contributed by atoms with van der Waals surface area (Å²) in [6.07, 6.45) is 7.88. The van der Waals surface area contributed by atoms with Gasteiger partial charge in [0.2, 0.25) is 0 Å². The summed E-state index contributed by atoms with van der Waals surface area (Å²) in [4.78, 5) is 4.40. The maximum atomic E-state index is 13.2. The van der Waals surface area contributed by atoms with Crippen molar-refractivity contribution in [1.29, 1.82) is 0 Å². The van der Waals surface area contributed by atoms with Crippen LogP contribution in [0.1, 0.15) is 31.7 Å². The van der Waals surface area contributed by atoms with E-state index in [2.05, 4.69) is 9.55 Å². The van der Waals surface area contributed by atoms with Crippen LogP contribution >= 0.6 is 11.6 Å². The van der Waals surface area contributed by atoms with Gasteiger partial charge in [0.1, 0.15) is 11.6 Å². The van der Waals surface area contributed by atoms with E-state index < -0.39 is 0 Å². The third kappa shape index (κ3) is 2.97. The van der Waals surface area contributed by atoms with Crippen molar-refractivity contribution in [2.24, 2.45) is 5.92 Å². The van der Waals surface area contributed by atoms with Crippen LogP contribution < -0.4 is 0 Å². The standard InChI is InChI=1S/C16H18ClFN2O/c17-15-9-12(18)4-5-14(15)16-19-6-7-20(16)13-3-1-2-11(8-13)10-21/h4-7,9,11,13,21H,1-3,8,10H2/t11-,13-/m1/s1. The number of hydrogen-bond donors (Lipinski definition) is 1. The maximum absolute atomic E-state index is 13.2. The number of aliphatic hydroxyl groups excluding tert-OH is 1. The number of nitrogens with zero attached hydrogens (tertiary/aromatic N) is 2. The highest BCUT2D eigenvalue weighted by Crippen LogP contribution is 2.36. The summed E-state index contributed by atoms with van der Waals surface area (Å²) in [7, 11) is 0. The van der Waals surface area contributed by atoms with E-state index in [4.69, 9.17) is 11.6 Å². The van der Waals surface area contributed by atoms with E-state index >= 15 is 0 Å². The Balaban J connectivity index is 1.93. The third-order valence-corrected chi connectivity index (χ3v) is 4.56. The molecule has 2 aromatic rings. The minimum absolute atomic E-state index is 0.234. The summed E-state index contributed by atoms with van der Waals surface area (Å²) in [6, 6.07) is 4.70. The van der Waals surface area contributed by atoms with E-state index in [0.29, 0.717) is 17.0 Å². The van der Waals surface area contributed by atoms with Gasteiger partial charge in [0, 0.05) is 30.6 Å². The molecule has 5 heteroatoms. The SMILES string of the molecule is OC[C@@H]1CCC[C@@H](n2ccnc2-c2ccc(F)cc2Cl)C1. The second-order valence-corrected chi connectivity index (χ2v) is 6.06. The lowest BCUT2D eigenvalue weighted by molar-refractivity contribution is 0.163. The molecule has 3 nitrogen and oxygen atoms in total. The molecule has 1 fully saturated rings. The summed E-state index contributed by atoms with van der Waals surface area (Å²) in [5.41, 5.74) is 0.745. The zero-order valence-electron chi connectivity index (χ0n) is 11.7. The number of aromatic nitrogens is 2. The molecule has 0 aliphatic heterocycles. The molecular weight excluding hydrogens is 291 g/mol. The topological polar surface area (TPSA) is 38.0 Å². The van der Waals surface area contributed by atoms with Crippen LogP contribution in [-0.4, -0.2) is 21.3 Å². The van der Waals surface area contributed by atoms with Crippen LogP contribution in [0.4, 0.5) is 4.39 Å². The van der Waals surface area contributed by atoms with Gasteiger partial charge in [-0.05, 0) is 43.4 Å². The summed E-state index contributed by atoms with van der Waals surface area (Å²) in [5, 5.41) is 9.75. The monoisotopic (exact) mass is 308 g/mol. The molecule has 2 atom stereocenters. The van der Waals surface area contributed by atoms with Crippen molar-refractivity contribution in [2.45, 2.75) is 31.7 Å². The minimum atomic E-state index is -0.347. The minimum Gasteiger partial charge on any atom is -0.396 e. The normalized spacial score (nSPS) is 22.4. The Morgan fingerprint density at radius 1 is 1.38 bits per heavy atom. The molecule has 0 amide bonds. The van der Waals surface area contributed by atoms with Crippen LogP contribution in [0.3, 0.4) is 0 Å². The maximum Gasteiger partial charge on any atom is 0.141 e. The quantitative estimate of drug-likeness (QED) is 0.928. The fourth-order valence-electron chi connectivity index (χ4n) is 3.17. The molecule has 112 valence electrons. The zero-order valence-corrected chi connectivity index (χ0v) is 12.4. The van der Waals surface area contributed by atoms with Crippen molar-refractivity contribution in [2.75, 3.05) is 6.61 Å². The zero-order chi connectivity index (χ0) is 14.8. The molecule has 0 bridgehead atoms. The van der Waals surface area contributed by atoms with Crippen molar-refractivity contribution in [3.63, 3.8) is 0 Å². The number of imidazole rings is 1. The molecule has 21 heavy (non-hydrogen) atoms. The van der Waals surface area contributed by atoms with Gasteiger partial charge in [-0.15, -0.1) is 0 Å². The van der Waals surface area contributed by atoms with Gasteiger partial charge in [-0.2, -0.15) is 0 Å². The Labute approximate surface area is 128 Å². The van der Waals surface area contributed by atoms with Gasteiger partial charge in [-0.1, -0.05) is 18.0 Å². The molecule has 1 heterocycles. The van der Waals surface area contributed by atoms with Gasteiger partial charge < -0.3 is 9.67 Å². The molecule has 1 aromatic heterocycles. The van der Waals surface area contributed by atoms with E-state index in [1.165, 1.54) is 12.1 Å². The number of benzene rings is 1. The average molecular weight is 309 g/mol. The number of halogens is 2. The van der Waals surface area contributed by atoms with Crippen LogP contribution in [0, 0.1) is 11.7 Å². The van der Waals surface area contributed by atoms with E-state index in [1.807, 2.05) is 6.20 Å². The summed E-state index contributed by atoms with van der Waals surface area (Å²) in [6.45, 7) is 0.234. The van der Waals surface area contributed by atoms with Crippen molar-refractivity contribution in [3.8, 4) is 11.4 Å². The molecule has 1 aliphatic rings. The van der Waals surface area contributed by atoms with E-state index in [-0.39, 0.29) is 12.4 Å². The number of hydrogen-bond acceptors (Lipinski definition) is 2. The molecule has 1 aliphatic carbocycles. The molecule has 3 rings (SSSR count). The first-order valence-electron chi connectivity index (χ1n) is 7.28. The smallest absolute Gasteiger partial charge is 0.141 e. The summed E-state index contributed by atoms with van der Waals surface area (Å²) in [5.74, 6) is 0.770. The molecule has 1 N–H and O–H groups in total. The Morgan fingerprint density at radius 2 is 2.24 bits per heavy atom.